The Balaban J connectivity index is 2.10. The highest BCUT2D eigenvalue weighted by molar-refractivity contribution is 7.08. The van der Waals surface area contributed by atoms with E-state index in [2.05, 4.69) is 0 Å². The van der Waals surface area contributed by atoms with Crippen molar-refractivity contribution in [1.29, 1.82) is 5.26 Å². The molecule has 1 aromatic carbocycles. The van der Waals surface area contributed by atoms with Crippen LogP contribution in [-0.2, 0) is 9.53 Å². The van der Waals surface area contributed by atoms with Gasteiger partial charge in [0, 0.05) is 17.6 Å². The monoisotopic (exact) mass is 328 g/mol. The summed E-state index contributed by atoms with van der Waals surface area (Å²) < 4.78 is 5.23. The van der Waals surface area contributed by atoms with Crippen LogP contribution < -0.4 is 4.90 Å². The predicted octanol–water partition coefficient (Wildman–Crippen LogP) is 3.24. The number of esters is 1. The SMILES string of the molecule is CC(OC(=O)c1ccsc1)C(=O)N(CCC#N)c1ccccc1. The van der Waals surface area contributed by atoms with Crippen LogP contribution in [0.3, 0.4) is 0 Å². The molecule has 0 aliphatic heterocycles. The zero-order valence-corrected chi connectivity index (χ0v) is 13.5. The van der Waals surface area contributed by atoms with Crippen molar-refractivity contribution < 1.29 is 14.3 Å². The Hall–Kier alpha value is -2.65. The number of anilines is 1. The van der Waals surface area contributed by atoms with Gasteiger partial charge in [-0.3, -0.25) is 4.79 Å². The van der Waals surface area contributed by atoms with Crippen LogP contribution in [0, 0.1) is 11.3 Å². The molecule has 2 rings (SSSR count). The van der Waals surface area contributed by atoms with Gasteiger partial charge in [0.25, 0.3) is 5.91 Å². The first-order valence-electron chi connectivity index (χ1n) is 7.10. The molecule has 0 saturated carbocycles. The molecular formula is C17H16N2O3S. The first-order chi connectivity index (χ1) is 11.1. The number of hydrogen-bond acceptors (Lipinski definition) is 5. The molecule has 0 spiro atoms. The number of carbonyl (C=O) groups excluding carboxylic acids is 2. The van der Waals surface area contributed by atoms with E-state index in [1.54, 1.807) is 29.0 Å². The fourth-order valence-electron chi connectivity index (χ4n) is 2.02. The number of benzene rings is 1. The summed E-state index contributed by atoms with van der Waals surface area (Å²) in [6.45, 7) is 1.79. The summed E-state index contributed by atoms with van der Waals surface area (Å²) in [5, 5.41) is 12.2. The fraction of sp³-hybridized carbons (Fsp3) is 0.235. The number of hydrogen-bond donors (Lipinski definition) is 0. The molecule has 0 bridgehead atoms. The van der Waals surface area contributed by atoms with Gasteiger partial charge in [-0.15, -0.1) is 0 Å². The number of nitriles is 1. The third kappa shape index (κ3) is 4.41. The molecule has 0 N–H and O–H groups in total. The Morgan fingerprint density at radius 3 is 2.65 bits per heavy atom. The number of amides is 1. The van der Waals surface area contributed by atoms with Gasteiger partial charge in [-0.25, -0.2) is 4.79 Å². The average molecular weight is 328 g/mol. The lowest BCUT2D eigenvalue weighted by Crippen LogP contribution is -2.40. The van der Waals surface area contributed by atoms with Crippen LogP contribution in [-0.4, -0.2) is 24.5 Å². The van der Waals surface area contributed by atoms with Crippen LogP contribution in [0.15, 0.2) is 47.2 Å². The highest BCUT2D eigenvalue weighted by Crippen LogP contribution is 2.17. The standard InChI is InChI=1S/C17H16N2O3S/c1-13(22-17(21)14-8-11-23-12-14)16(20)19(10-5-9-18)15-6-3-2-4-7-15/h2-4,6-8,11-13H,5,10H2,1H3. The van der Waals surface area contributed by atoms with Gasteiger partial charge in [0.05, 0.1) is 18.1 Å². The minimum atomic E-state index is -0.929. The van der Waals surface area contributed by atoms with Crippen LogP contribution in [0.5, 0.6) is 0 Å². The summed E-state index contributed by atoms with van der Waals surface area (Å²) in [5.74, 6) is -0.879. The Kier molecular flexibility index (Phi) is 5.89. The normalized spacial score (nSPS) is 11.3. The zero-order valence-electron chi connectivity index (χ0n) is 12.6. The predicted molar refractivity (Wildman–Crippen MR) is 88.2 cm³/mol. The molecule has 118 valence electrons. The van der Waals surface area contributed by atoms with E-state index in [0.717, 1.165) is 0 Å². The topological polar surface area (TPSA) is 70.4 Å². The van der Waals surface area contributed by atoms with Crippen molar-refractivity contribution in [1.82, 2.24) is 0 Å². The lowest BCUT2D eigenvalue weighted by molar-refractivity contribution is -0.126. The molecule has 0 fully saturated rings. The Labute approximate surface area is 138 Å². The molecule has 1 aromatic heterocycles. The van der Waals surface area contributed by atoms with Gasteiger partial charge in [-0.1, -0.05) is 18.2 Å². The maximum absolute atomic E-state index is 12.6. The van der Waals surface area contributed by atoms with Gasteiger partial charge in [0.15, 0.2) is 6.10 Å². The number of rotatable bonds is 6. The minimum absolute atomic E-state index is 0.200. The number of para-hydroxylation sites is 1. The van der Waals surface area contributed by atoms with Crippen LogP contribution in [0.25, 0.3) is 0 Å². The number of carbonyl (C=O) groups is 2. The van der Waals surface area contributed by atoms with Gasteiger partial charge < -0.3 is 9.64 Å². The number of thiophene rings is 1. The fourth-order valence-corrected chi connectivity index (χ4v) is 2.64. The van der Waals surface area contributed by atoms with Crippen molar-refractivity contribution >= 4 is 28.9 Å². The van der Waals surface area contributed by atoms with Crippen LogP contribution in [0.4, 0.5) is 5.69 Å². The van der Waals surface area contributed by atoms with Crippen LogP contribution in [0.1, 0.15) is 23.7 Å². The van der Waals surface area contributed by atoms with Crippen molar-refractivity contribution in [3.8, 4) is 6.07 Å². The molecule has 0 aliphatic rings. The lowest BCUT2D eigenvalue weighted by atomic mass is 10.2. The summed E-state index contributed by atoms with van der Waals surface area (Å²) >= 11 is 1.39. The van der Waals surface area contributed by atoms with Crippen LogP contribution >= 0.6 is 11.3 Å². The maximum atomic E-state index is 12.6. The lowest BCUT2D eigenvalue weighted by Gasteiger charge is -2.25. The molecule has 1 amide bonds. The molecule has 23 heavy (non-hydrogen) atoms. The van der Waals surface area contributed by atoms with Gasteiger partial charge in [-0.2, -0.15) is 16.6 Å². The van der Waals surface area contributed by atoms with Crippen molar-refractivity contribution in [2.75, 3.05) is 11.4 Å². The van der Waals surface area contributed by atoms with E-state index in [1.165, 1.54) is 23.2 Å². The van der Waals surface area contributed by atoms with E-state index in [9.17, 15) is 9.59 Å². The van der Waals surface area contributed by atoms with E-state index in [-0.39, 0.29) is 18.9 Å². The summed E-state index contributed by atoms with van der Waals surface area (Å²) in [7, 11) is 0. The molecule has 5 nitrogen and oxygen atoms in total. The third-order valence-corrected chi connectivity index (χ3v) is 3.85. The quantitative estimate of drug-likeness (QED) is 0.763. The highest BCUT2D eigenvalue weighted by Gasteiger charge is 2.25. The molecule has 2 aromatic rings. The molecule has 6 heteroatoms. The molecular weight excluding hydrogens is 312 g/mol. The molecule has 1 heterocycles. The molecule has 0 radical (unpaired) electrons. The van der Waals surface area contributed by atoms with Gasteiger partial charge >= 0.3 is 5.97 Å². The highest BCUT2D eigenvalue weighted by atomic mass is 32.1. The average Bonchev–Trinajstić information content (AvgIpc) is 3.10. The Morgan fingerprint density at radius 2 is 2.04 bits per heavy atom. The van der Waals surface area contributed by atoms with E-state index >= 15 is 0 Å². The van der Waals surface area contributed by atoms with E-state index < -0.39 is 12.1 Å². The maximum Gasteiger partial charge on any atom is 0.339 e. The van der Waals surface area contributed by atoms with E-state index in [1.807, 2.05) is 24.3 Å². The van der Waals surface area contributed by atoms with E-state index in [0.29, 0.717) is 11.3 Å². The first kappa shape index (κ1) is 16.7. The number of nitrogens with zero attached hydrogens (tertiary/aromatic N) is 2. The molecule has 1 unspecified atom stereocenters. The smallest absolute Gasteiger partial charge is 0.339 e. The van der Waals surface area contributed by atoms with Crippen LogP contribution in [0.2, 0.25) is 0 Å². The second-order valence-electron chi connectivity index (χ2n) is 4.79. The van der Waals surface area contributed by atoms with Crippen molar-refractivity contribution in [2.45, 2.75) is 19.4 Å². The van der Waals surface area contributed by atoms with Gasteiger partial charge in [0.2, 0.25) is 0 Å². The summed E-state index contributed by atoms with van der Waals surface area (Å²) in [4.78, 5) is 26.0. The van der Waals surface area contributed by atoms with Crippen molar-refractivity contribution in [3.05, 3.63) is 52.7 Å². The summed E-state index contributed by atoms with van der Waals surface area (Å²) in [6, 6.07) is 12.7. The Morgan fingerprint density at radius 1 is 1.30 bits per heavy atom. The number of ether oxygens (including phenoxy) is 1. The summed E-state index contributed by atoms with van der Waals surface area (Å²) in [5.41, 5.74) is 1.10. The van der Waals surface area contributed by atoms with Crippen molar-refractivity contribution in [3.63, 3.8) is 0 Å². The molecule has 0 saturated heterocycles. The first-order valence-corrected chi connectivity index (χ1v) is 8.04. The third-order valence-electron chi connectivity index (χ3n) is 3.17. The Bertz CT molecular complexity index is 692. The largest absolute Gasteiger partial charge is 0.449 e. The summed E-state index contributed by atoms with van der Waals surface area (Å²) in [6.07, 6.45) is -0.729. The zero-order chi connectivity index (χ0) is 16.7. The van der Waals surface area contributed by atoms with E-state index in [4.69, 9.17) is 10.00 Å². The molecule has 0 aliphatic carbocycles. The van der Waals surface area contributed by atoms with Crippen molar-refractivity contribution in [2.24, 2.45) is 0 Å². The molecule has 1 atom stereocenters. The second kappa shape index (κ2) is 8.11. The minimum Gasteiger partial charge on any atom is -0.449 e. The van der Waals surface area contributed by atoms with Gasteiger partial charge in [0.1, 0.15) is 0 Å². The second-order valence-corrected chi connectivity index (χ2v) is 5.57. The van der Waals surface area contributed by atoms with Gasteiger partial charge in [-0.05, 0) is 30.5 Å².